The van der Waals surface area contributed by atoms with Gasteiger partial charge in [0.15, 0.2) is 0 Å². The van der Waals surface area contributed by atoms with Crippen LogP contribution in [0.3, 0.4) is 0 Å². The smallest absolute Gasteiger partial charge is 0.460 e. The van der Waals surface area contributed by atoms with Crippen molar-refractivity contribution in [1.29, 1.82) is 0 Å². The lowest BCUT2D eigenvalue weighted by atomic mass is 10.4. The minimum absolute atomic E-state index is 0.100. The van der Waals surface area contributed by atoms with E-state index in [4.69, 9.17) is 9.26 Å². The minimum Gasteiger partial charge on any atom is -0.460 e. The fourth-order valence-corrected chi connectivity index (χ4v) is 1.57. The Labute approximate surface area is 114 Å². The summed E-state index contributed by atoms with van der Waals surface area (Å²) in [5.74, 6) is -0.567. The molecule has 0 radical (unpaired) electrons. The highest BCUT2D eigenvalue weighted by atomic mass is 31.2. The van der Waals surface area contributed by atoms with Crippen LogP contribution in [0.1, 0.15) is 6.92 Å². The average molecular weight is 298 g/mol. The summed E-state index contributed by atoms with van der Waals surface area (Å²) in [6.45, 7) is 5.23. The largest absolute Gasteiger partial charge is 0.472 e. The fraction of sp³-hybridized carbons (Fsp3) is 0.727. The zero-order chi connectivity index (χ0) is 15.1. The monoisotopic (exact) mass is 298 g/mol. The van der Waals surface area contributed by atoms with Gasteiger partial charge in [0.25, 0.3) is 0 Å². The molecule has 1 N–H and O–H groups in total. The number of carbonyl (C=O) groups excluding carboxylic acids is 1. The van der Waals surface area contributed by atoms with Crippen LogP contribution >= 0.6 is 7.82 Å². The maximum absolute atomic E-state index is 11.4. The van der Waals surface area contributed by atoms with E-state index in [1.165, 1.54) is 6.92 Å². The van der Waals surface area contributed by atoms with E-state index in [0.29, 0.717) is 11.0 Å². The molecular weight excluding hydrogens is 275 g/mol. The zero-order valence-corrected chi connectivity index (χ0v) is 12.8. The van der Waals surface area contributed by atoms with E-state index in [1.807, 2.05) is 21.1 Å². The topological polar surface area (TPSA) is 82.1 Å². The molecule has 0 spiro atoms. The molecular formula is C11H23NO6P+. The number of likely N-dealkylation sites (N-methyl/N-ethyl adjacent to an activating group) is 1. The van der Waals surface area contributed by atoms with Crippen molar-refractivity contribution in [2.24, 2.45) is 0 Å². The molecule has 8 heteroatoms. The van der Waals surface area contributed by atoms with E-state index >= 15 is 0 Å². The lowest BCUT2D eigenvalue weighted by Gasteiger charge is -2.23. The van der Waals surface area contributed by atoms with Crippen molar-refractivity contribution < 1.29 is 32.5 Å². The molecule has 0 aliphatic carbocycles. The number of rotatable bonds is 9. The average Bonchev–Trinajstić information content (AvgIpc) is 2.21. The molecule has 0 rings (SSSR count). The normalized spacial score (nSPS) is 14.8. The molecule has 0 aromatic rings. The number of esters is 1. The molecule has 0 aromatic carbocycles. The van der Waals surface area contributed by atoms with E-state index in [9.17, 15) is 14.3 Å². The van der Waals surface area contributed by atoms with Crippen molar-refractivity contribution >= 4 is 13.8 Å². The lowest BCUT2D eigenvalue weighted by Crippen LogP contribution is -2.37. The number of carbonyl (C=O) groups is 1. The number of hydrogen-bond donors (Lipinski definition) is 1. The molecule has 0 amide bonds. The highest BCUT2D eigenvalue weighted by molar-refractivity contribution is 7.47. The van der Waals surface area contributed by atoms with Gasteiger partial charge in [-0.3, -0.25) is 9.05 Å². The van der Waals surface area contributed by atoms with Gasteiger partial charge in [0, 0.05) is 5.57 Å². The van der Waals surface area contributed by atoms with E-state index in [2.05, 4.69) is 11.1 Å². The molecule has 0 saturated carbocycles. The van der Waals surface area contributed by atoms with Crippen molar-refractivity contribution in [2.45, 2.75) is 6.92 Å². The zero-order valence-electron chi connectivity index (χ0n) is 11.9. The SMILES string of the molecule is C=C(C)C(=O)OCCOP(=O)(O)OCC[N+](C)([13CH3])[13CH3]. The summed E-state index contributed by atoms with van der Waals surface area (Å²) < 4.78 is 26.2. The van der Waals surface area contributed by atoms with Crippen molar-refractivity contribution in [3.63, 3.8) is 0 Å². The Kier molecular flexibility index (Phi) is 7.47. The maximum atomic E-state index is 11.4. The van der Waals surface area contributed by atoms with Gasteiger partial charge < -0.3 is 14.1 Å². The van der Waals surface area contributed by atoms with Gasteiger partial charge in [-0.15, -0.1) is 0 Å². The number of phosphoric ester groups is 1. The Morgan fingerprint density at radius 1 is 1.21 bits per heavy atom. The molecule has 1 atom stereocenters. The van der Waals surface area contributed by atoms with E-state index in [1.54, 1.807) is 0 Å². The first-order chi connectivity index (χ1) is 8.53. The van der Waals surface area contributed by atoms with Gasteiger partial charge in [-0.05, 0) is 6.92 Å². The number of hydrogen-bond acceptors (Lipinski definition) is 5. The summed E-state index contributed by atoms with van der Waals surface area (Å²) in [5, 5.41) is 0. The first-order valence-corrected chi connectivity index (χ1v) is 7.28. The van der Waals surface area contributed by atoms with Crippen LogP contribution in [0, 0.1) is 0 Å². The van der Waals surface area contributed by atoms with Gasteiger partial charge in [0.05, 0.1) is 27.7 Å². The van der Waals surface area contributed by atoms with Gasteiger partial charge in [-0.25, -0.2) is 9.36 Å². The number of ether oxygens (including phenoxy) is 1. The summed E-state index contributed by atoms with van der Waals surface area (Å²) in [6, 6.07) is 0. The number of phosphoric acid groups is 1. The fourth-order valence-electron chi connectivity index (χ4n) is 0.878. The van der Waals surface area contributed by atoms with Gasteiger partial charge in [-0.2, -0.15) is 0 Å². The van der Waals surface area contributed by atoms with Gasteiger partial charge in [-0.1, -0.05) is 6.58 Å². The Morgan fingerprint density at radius 3 is 2.21 bits per heavy atom. The van der Waals surface area contributed by atoms with Gasteiger partial charge in [0.2, 0.25) is 0 Å². The molecule has 19 heavy (non-hydrogen) atoms. The second kappa shape index (κ2) is 7.77. The lowest BCUT2D eigenvalue weighted by molar-refractivity contribution is -0.870. The highest BCUT2D eigenvalue weighted by Crippen LogP contribution is 2.42. The van der Waals surface area contributed by atoms with Gasteiger partial charge in [0.1, 0.15) is 19.8 Å². The Morgan fingerprint density at radius 2 is 1.74 bits per heavy atom. The molecule has 0 bridgehead atoms. The van der Waals surface area contributed by atoms with Crippen molar-refractivity contribution in [2.75, 3.05) is 47.5 Å². The molecule has 0 aliphatic rings. The predicted molar refractivity (Wildman–Crippen MR) is 70.4 cm³/mol. The third-order valence-electron chi connectivity index (χ3n) is 1.94. The summed E-state index contributed by atoms with van der Waals surface area (Å²) in [4.78, 5) is 20.3. The van der Waals surface area contributed by atoms with Crippen LogP contribution in [0.5, 0.6) is 0 Å². The molecule has 0 aromatic heterocycles. The van der Waals surface area contributed by atoms with E-state index in [0.717, 1.165) is 0 Å². The van der Waals surface area contributed by atoms with Gasteiger partial charge >= 0.3 is 13.8 Å². The molecule has 0 fully saturated rings. The van der Waals surface area contributed by atoms with Crippen LogP contribution in [0.15, 0.2) is 12.2 Å². The number of nitrogens with zero attached hydrogens (tertiary/aromatic N) is 1. The van der Waals surface area contributed by atoms with Crippen molar-refractivity contribution in [3.8, 4) is 0 Å². The van der Waals surface area contributed by atoms with E-state index in [-0.39, 0.29) is 25.4 Å². The van der Waals surface area contributed by atoms with Crippen molar-refractivity contribution in [1.82, 2.24) is 0 Å². The summed E-state index contributed by atoms with van der Waals surface area (Å²) in [7, 11) is 1.72. The first kappa shape index (κ1) is 18.3. The molecule has 1 unspecified atom stereocenters. The molecule has 7 nitrogen and oxygen atoms in total. The summed E-state index contributed by atoms with van der Waals surface area (Å²) in [5.41, 5.74) is 0.256. The van der Waals surface area contributed by atoms with Crippen LogP contribution in [0.2, 0.25) is 0 Å². The van der Waals surface area contributed by atoms with Crippen LogP contribution in [0.4, 0.5) is 0 Å². The standard InChI is InChI=1S/C11H22NO6P/c1-10(2)11(13)16-8-9-18-19(14,15)17-7-6-12(3,4)5/h1,6-9H2,2-5H3/p+1/i3+1,4+1. The predicted octanol–water partition coefficient (Wildman–Crippen LogP) is 0.945. The highest BCUT2D eigenvalue weighted by Gasteiger charge is 2.22. The molecule has 0 aliphatic heterocycles. The quantitative estimate of drug-likeness (QED) is 0.170. The van der Waals surface area contributed by atoms with E-state index < -0.39 is 13.8 Å². The van der Waals surface area contributed by atoms with Crippen LogP contribution < -0.4 is 0 Å². The third kappa shape index (κ3) is 10.9. The Balaban J connectivity index is 3.82. The molecule has 0 saturated heterocycles. The minimum atomic E-state index is -4.09. The van der Waals surface area contributed by atoms with Crippen LogP contribution in [0.25, 0.3) is 0 Å². The maximum Gasteiger partial charge on any atom is 0.472 e. The van der Waals surface area contributed by atoms with Crippen LogP contribution in [-0.4, -0.2) is 62.9 Å². The molecule has 0 heterocycles. The third-order valence-corrected chi connectivity index (χ3v) is 2.95. The summed E-state index contributed by atoms with van der Waals surface area (Å²) in [6.07, 6.45) is 0. The first-order valence-electron chi connectivity index (χ1n) is 5.78. The number of quaternary nitrogens is 1. The molecule has 112 valence electrons. The van der Waals surface area contributed by atoms with Crippen molar-refractivity contribution in [3.05, 3.63) is 12.2 Å². The van der Waals surface area contributed by atoms with Crippen LogP contribution in [-0.2, 0) is 23.1 Å². The Hall–Kier alpha value is -0.720. The Bertz CT molecular complexity index is 363. The second-order valence-corrected chi connectivity index (χ2v) is 6.52. The summed E-state index contributed by atoms with van der Waals surface area (Å²) >= 11 is 0. The second-order valence-electron chi connectivity index (χ2n) is 5.07.